The number of hydrogen-bond acceptors (Lipinski definition) is 6. The number of fused-ring (bicyclic) bond motifs is 3. The van der Waals surface area contributed by atoms with Crippen LogP contribution in [0.4, 0.5) is 5.69 Å². The lowest BCUT2D eigenvalue weighted by Crippen LogP contribution is -2.49. The van der Waals surface area contributed by atoms with E-state index in [1.807, 2.05) is 24.3 Å². The number of carbonyl (C=O) groups excluding carboxylic acids is 1. The summed E-state index contributed by atoms with van der Waals surface area (Å²) in [4.78, 5) is 15.1. The Kier molecular flexibility index (Phi) is 8.72. The normalized spacial score (nSPS) is 23.0. The van der Waals surface area contributed by atoms with Crippen LogP contribution in [0.3, 0.4) is 0 Å². The van der Waals surface area contributed by atoms with Crippen molar-refractivity contribution in [1.82, 2.24) is 10.0 Å². The molecule has 2 N–H and O–H groups in total. The zero-order chi connectivity index (χ0) is 30.0. The Balaban J connectivity index is 1.32. The van der Waals surface area contributed by atoms with E-state index >= 15 is 0 Å². The molecule has 7 nitrogen and oxygen atoms in total. The average molecular weight is 622 g/mol. The lowest BCUT2D eigenvalue weighted by molar-refractivity contribution is -0.118. The van der Waals surface area contributed by atoms with Gasteiger partial charge in [0.2, 0.25) is 5.91 Å². The van der Waals surface area contributed by atoms with E-state index < -0.39 is 15.9 Å². The van der Waals surface area contributed by atoms with E-state index in [-0.39, 0.29) is 16.7 Å². The smallest absolute Gasteiger partial charge is 0.264 e. The molecule has 1 fully saturated rings. The molecule has 0 radical (unpaired) electrons. The van der Waals surface area contributed by atoms with E-state index in [4.69, 9.17) is 16.3 Å². The first-order chi connectivity index (χ1) is 20.8. The number of nitrogens with zero attached hydrogens (tertiary/aromatic N) is 1. The topological polar surface area (TPSA) is 87.7 Å². The number of anilines is 1. The third-order valence-corrected chi connectivity index (χ3v) is 11.1. The van der Waals surface area contributed by atoms with Gasteiger partial charge in [0.1, 0.15) is 5.75 Å². The monoisotopic (exact) mass is 621 g/mol. The Bertz CT molecular complexity index is 1580. The highest BCUT2D eigenvalue weighted by Gasteiger charge is 2.43. The van der Waals surface area contributed by atoms with Crippen molar-refractivity contribution in [3.8, 4) is 5.75 Å². The molecule has 43 heavy (non-hydrogen) atoms. The van der Waals surface area contributed by atoms with Crippen LogP contribution in [0.5, 0.6) is 5.75 Å². The molecule has 3 aromatic rings. The Hall–Kier alpha value is -3.07. The van der Waals surface area contributed by atoms with Crippen LogP contribution in [0.1, 0.15) is 49.3 Å². The van der Waals surface area contributed by atoms with Gasteiger partial charge in [0.25, 0.3) is 10.0 Å². The number of amides is 1. The van der Waals surface area contributed by atoms with E-state index in [2.05, 4.69) is 34.0 Å². The van der Waals surface area contributed by atoms with Crippen LogP contribution >= 0.6 is 11.6 Å². The van der Waals surface area contributed by atoms with Gasteiger partial charge in [0.15, 0.2) is 0 Å². The molecule has 6 rings (SSSR count). The van der Waals surface area contributed by atoms with Gasteiger partial charge in [-0.3, -0.25) is 4.79 Å². The molecule has 1 heterocycles. The molecule has 0 aromatic heterocycles. The summed E-state index contributed by atoms with van der Waals surface area (Å²) in [5.74, 6) is 1.20. The van der Waals surface area contributed by atoms with Gasteiger partial charge < -0.3 is 15.0 Å². The van der Waals surface area contributed by atoms with Gasteiger partial charge in [0, 0.05) is 23.5 Å². The molecule has 3 aromatic carbocycles. The van der Waals surface area contributed by atoms with Crippen molar-refractivity contribution in [2.45, 2.75) is 55.8 Å². The van der Waals surface area contributed by atoms with Crippen LogP contribution in [0.2, 0.25) is 5.02 Å². The van der Waals surface area contributed by atoms with Crippen molar-refractivity contribution >= 4 is 33.2 Å². The molecule has 2 aliphatic carbocycles. The first-order valence-electron chi connectivity index (χ1n) is 15.4. The quantitative estimate of drug-likeness (QED) is 0.328. The molecule has 0 saturated heterocycles. The van der Waals surface area contributed by atoms with E-state index in [9.17, 15) is 13.2 Å². The van der Waals surface area contributed by atoms with Crippen molar-refractivity contribution in [1.29, 1.82) is 0 Å². The molecular weight excluding hydrogens is 582 g/mol. The minimum absolute atomic E-state index is 0.0128. The molecule has 1 spiro atoms. The number of carbonyl (C=O) groups is 1. The maximum absolute atomic E-state index is 13.4. The molecular formula is C34H40ClN3O4S. The number of rotatable bonds is 9. The Labute approximate surface area is 260 Å². The summed E-state index contributed by atoms with van der Waals surface area (Å²) in [6, 6.07) is 20.3. The maximum Gasteiger partial charge on any atom is 0.264 e. The third-order valence-electron chi connectivity index (χ3n) is 9.46. The summed E-state index contributed by atoms with van der Waals surface area (Å²) in [5.41, 5.74) is 3.83. The minimum Gasteiger partial charge on any atom is -0.490 e. The molecule has 1 saturated carbocycles. The number of hydrogen-bond donors (Lipinski definition) is 2. The summed E-state index contributed by atoms with van der Waals surface area (Å²) >= 11 is 6.40. The Morgan fingerprint density at radius 1 is 1.07 bits per heavy atom. The van der Waals surface area contributed by atoms with E-state index in [0.717, 1.165) is 68.1 Å². The van der Waals surface area contributed by atoms with Gasteiger partial charge in [0.05, 0.1) is 23.6 Å². The van der Waals surface area contributed by atoms with Gasteiger partial charge in [-0.25, -0.2) is 13.1 Å². The van der Waals surface area contributed by atoms with Gasteiger partial charge >= 0.3 is 0 Å². The second-order valence-corrected chi connectivity index (χ2v) is 14.4. The number of nitrogens with one attached hydrogen (secondary N) is 2. The first-order valence-corrected chi connectivity index (χ1v) is 17.2. The number of aryl methyl sites for hydroxylation is 1. The highest BCUT2D eigenvalue weighted by atomic mass is 35.5. The molecule has 0 unspecified atom stereocenters. The highest BCUT2D eigenvalue weighted by molar-refractivity contribution is 7.90. The van der Waals surface area contributed by atoms with Crippen molar-refractivity contribution in [3.05, 3.63) is 88.4 Å². The summed E-state index contributed by atoms with van der Waals surface area (Å²) in [5, 5.41) is 4.26. The van der Waals surface area contributed by atoms with Crippen molar-refractivity contribution < 1.29 is 17.9 Å². The maximum atomic E-state index is 13.4. The fourth-order valence-electron chi connectivity index (χ4n) is 7.05. The SMILES string of the molecule is CCNC[C@@H]1CC[C@H]1CN1C[C@@]2(CCCc3cc(Cl)ccc32)COc2ccc(S(=O)(=O)NC(=O)Cc3ccccc3)cc21. The Morgan fingerprint density at radius 2 is 1.88 bits per heavy atom. The number of benzene rings is 3. The average Bonchev–Trinajstić information content (AvgIpc) is 3.12. The molecule has 9 heteroatoms. The van der Waals surface area contributed by atoms with Crippen LogP contribution in [0, 0.1) is 11.8 Å². The Morgan fingerprint density at radius 3 is 2.65 bits per heavy atom. The van der Waals surface area contributed by atoms with Crippen molar-refractivity contribution in [2.75, 3.05) is 37.7 Å². The summed E-state index contributed by atoms with van der Waals surface area (Å²) in [6.07, 6.45) is 5.35. The molecule has 1 amide bonds. The second-order valence-electron chi connectivity index (χ2n) is 12.3. The molecule has 228 valence electrons. The van der Waals surface area contributed by atoms with E-state index in [0.29, 0.717) is 24.2 Å². The fourth-order valence-corrected chi connectivity index (χ4v) is 8.25. The van der Waals surface area contributed by atoms with Gasteiger partial charge in [-0.15, -0.1) is 0 Å². The van der Waals surface area contributed by atoms with Crippen LogP contribution in [-0.2, 0) is 33.1 Å². The zero-order valence-corrected chi connectivity index (χ0v) is 26.2. The number of halogens is 1. The lowest BCUT2D eigenvalue weighted by Gasteiger charge is -2.44. The largest absolute Gasteiger partial charge is 0.490 e. The highest BCUT2D eigenvalue weighted by Crippen LogP contribution is 2.46. The summed E-state index contributed by atoms with van der Waals surface area (Å²) in [6.45, 7) is 6.13. The van der Waals surface area contributed by atoms with Gasteiger partial charge in [-0.2, -0.15) is 0 Å². The fraction of sp³-hybridized carbons (Fsp3) is 0.441. The lowest BCUT2D eigenvalue weighted by atomic mass is 9.69. The minimum atomic E-state index is -4.08. The van der Waals surface area contributed by atoms with Crippen LogP contribution < -0.4 is 19.7 Å². The molecule has 3 aliphatic rings. The van der Waals surface area contributed by atoms with Crippen molar-refractivity contribution in [3.63, 3.8) is 0 Å². The molecule has 1 aliphatic heterocycles. The third kappa shape index (κ3) is 6.42. The van der Waals surface area contributed by atoms with E-state index in [1.165, 1.54) is 17.5 Å². The van der Waals surface area contributed by atoms with Gasteiger partial charge in [-0.05, 0) is 104 Å². The first kappa shape index (κ1) is 30.0. The molecule has 0 bridgehead atoms. The summed E-state index contributed by atoms with van der Waals surface area (Å²) in [7, 11) is -4.08. The second kappa shape index (κ2) is 12.5. The number of ether oxygens (including phenoxy) is 1. The summed E-state index contributed by atoms with van der Waals surface area (Å²) < 4.78 is 35.7. The number of sulfonamides is 1. The molecule has 3 atom stereocenters. The van der Waals surface area contributed by atoms with Gasteiger partial charge in [-0.1, -0.05) is 54.9 Å². The van der Waals surface area contributed by atoms with Crippen LogP contribution in [0.25, 0.3) is 0 Å². The van der Waals surface area contributed by atoms with E-state index in [1.54, 1.807) is 30.3 Å². The predicted molar refractivity (Wildman–Crippen MR) is 170 cm³/mol. The zero-order valence-electron chi connectivity index (χ0n) is 24.7. The van der Waals surface area contributed by atoms with Crippen LogP contribution in [0.15, 0.2) is 71.6 Å². The van der Waals surface area contributed by atoms with Crippen LogP contribution in [-0.4, -0.2) is 47.1 Å². The predicted octanol–water partition coefficient (Wildman–Crippen LogP) is 5.50. The standard InChI is InChI=1S/C34H40ClN3O4S/c1-2-36-20-26-10-11-27(26)21-38-22-34(16-6-9-25-18-28(35)12-14-30(25)34)23-42-32-15-13-29(19-31(32)38)43(40,41)37-33(39)17-24-7-4-3-5-8-24/h3-5,7-8,12-15,18-19,26-27,36H,2,6,9-11,16-17,20-23H2,1H3,(H,37,39)/t26-,27-,34-/m0/s1. The van der Waals surface area contributed by atoms with Crippen molar-refractivity contribution in [2.24, 2.45) is 11.8 Å².